The zero-order valence-corrected chi connectivity index (χ0v) is 8.57. The van der Waals surface area contributed by atoms with Crippen LogP contribution in [0.1, 0.15) is 37.9 Å². The molecule has 1 aromatic rings. The minimum atomic E-state index is -0.712. The summed E-state index contributed by atoms with van der Waals surface area (Å²) < 4.78 is 0. The van der Waals surface area contributed by atoms with Crippen LogP contribution in [0.5, 0.6) is 0 Å². The summed E-state index contributed by atoms with van der Waals surface area (Å²) in [4.78, 5) is 14.9. The largest absolute Gasteiger partial charge is 0.481 e. The van der Waals surface area contributed by atoms with Gasteiger partial charge in [-0.1, -0.05) is 12.8 Å². The Bertz CT molecular complexity index is 328. The van der Waals surface area contributed by atoms with Gasteiger partial charge >= 0.3 is 5.97 Å². The predicted octanol–water partition coefficient (Wildman–Crippen LogP) is 1.38. The molecule has 1 aliphatic carbocycles. The van der Waals surface area contributed by atoms with Crippen molar-refractivity contribution >= 4 is 5.97 Å². The molecular formula is C10H15N3O2. The van der Waals surface area contributed by atoms with Gasteiger partial charge in [0.2, 0.25) is 0 Å². The number of hydrogen-bond donors (Lipinski definition) is 2. The van der Waals surface area contributed by atoms with Gasteiger partial charge in [0.15, 0.2) is 0 Å². The Morgan fingerprint density at radius 2 is 2.27 bits per heavy atom. The van der Waals surface area contributed by atoms with E-state index in [4.69, 9.17) is 5.11 Å². The molecule has 0 radical (unpaired) electrons. The standard InChI is InChI=1S/C10H15N3O2/c14-9(15)6-10(3-1-2-4-10)5-8-11-7-12-13-8/h7H,1-6H2,(H,14,15)(H,11,12,13). The minimum Gasteiger partial charge on any atom is -0.481 e. The molecule has 0 spiro atoms. The fraction of sp³-hybridized carbons (Fsp3) is 0.700. The van der Waals surface area contributed by atoms with Crippen molar-refractivity contribution in [1.29, 1.82) is 0 Å². The topological polar surface area (TPSA) is 78.9 Å². The lowest BCUT2D eigenvalue weighted by atomic mass is 9.79. The Kier molecular flexibility index (Phi) is 2.70. The van der Waals surface area contributed by atoms with E-state index >= 15 is 0 Å². The van der Waals surface area contributed by atoms with Crippen LogP contribution in [-0.4, -0.2) is 26.3 Å². The van der Waals surface area contributed by atoms with E-state index in [0.717, 1.165) is 31.5 Å². The van der Waals surface area contributed by atoms with E-state index < -0.39 is 5.97 Å². The monoisotopic (exact) mass is 209 g/mol. The molecule has 0 aromatic carbocycles. The number of aromatic nitrogens is 3. The van der Waals surface area contributed by atoms with E-state index in [0.29, 0.717) is 6.42 Å². The number of carbonyl (C=O) groups is 1. The van der Waals surface area contributed by atoms with E-state index in [2.05, 4.69) is 15.2 Å². The zero-order chi connectivity index (χ0) is 10.7. The van der Waals surface area contributed by atoms with Crippen molar-refractivity contribution in [3.05, 3.63) is 12.2 Å². The molecule has 0 aliphatic heterocycles. The van der Waals surface area contributed by atoms with Gasteiger partial charge in [-0.15, -0.1) is 0 Å². The van der Waals surface area contributed by atoms with Gasteiger partial charge in [0, 0.05) is 6.42 Å². The number of rotatable bonds is 4. The van der Waals surface area contributed by atoms with Crippen molar-refractivity contribution < 1.29 is 9.90 Å². The number of H-pyrrole nitrogens is 1. The second-order valence-electron chi connectivity index (χ2n) is 4.39. The summed E-state index contributed by atoms with van der Waals surface area (Å²) in [6, 6.07) is 0. The van der Waals surface area contributed by atoms with E-state index in [-0.39, 0.29) is 11.8 Å². The van der Waals surface area contributed by atoms with Crippen molar-refractivity contribution in [3.63, 3.8) is 0 Å². The Balaban J connectivity index is 2.09. The lowest BCUT2D eigenvalue weighted by Crippen LogP contribution is -2.24. The van der Waals surface area contributed by atoms with Gasteiger partial charge in [-0.2, -0.15) is 5.10 Å². The van der Waals surface area contributed by atoms with Crippen LogP contribution in [0.4, 0.5) is 0 Å². The van der Waals surface area contributed by atoms with Gasteiger partial charge in [0.05, 0.1) is 6.42 Å². The Morgan fingerprint density at radius 1 is 1.53 bits per heavy atom. The average molecular weight is 209 g/mol. The molecule has 1 aromatic heterocycles. The summed E-state index contributed by atoms with van der Waals surface area (Å²) >= 11 is 0. The third-order valence-corrected chi connectivity index (χ3v) is 3.20. The van der Waals surface area contributed by atoms with Crippen LogP contribution >= 0.6 is 0 Å². The second kappa shape index (κ2) is 4.00. The maximum absolute atomic E-state index is 10.8. The molecule has 0 amide bonds. The van der Waals surface area contributed by atoms with E-state index in [1.165, 1.54) is 6.33 Å². The molecule has 2 rings (SSSR count). The molecule has 1 heterocycles. The second-order valence-corrected chi connectivity index (χ2v) is 4.39. The Hall–Kier alpha value is -1.39. The van der Waals surface area contributed by atoms with E-state index in [1.54, 1.807) is 0 Å². The lowest BCUT2D eigenvalue weighted by Gasteiger charge is -2.25. The molecule has 82 valence electrons. The molecule has 0 saturated heterocycles. The van der Waals surface area contributed by atoms with Crippen molar-refractivity contribution in [2.45, 2.75) is 38.5 Å². The number of nitrogens with zero attached hydrogens (tertiary/aromatic N) is 2. The van der Waals surface area contributed by atoms with Crippen LogP contribution in [0.3, 0.4) is 0 Å². The smallest absolute Gasteiger partial charge is 0.303 e. The van der Waals surface area contributed by atoms with Crippen LogP contribution in [0, 0.1) is 5.41 Å². The number of nitrogens with one attached hydrogen (secondary N) is 1. The average Bonchev–Trinajstić information content (AvgIpc) is 2.76. The van der Waals surface area contributed by atoms with Crippen LogP contribution < -0.4 is 0 Å². The third-order valence-electron chi connectivity index (χ3n) is 3.20. The highest BCUT2D eigenvalue weighted by atomic mass is 16.4. The number of carboxylic acids is 1. The van der Waals surface area contributed by atoms with Gasteiger partial charge in [-0.3, -0.25) is 9.89 Å². The Morgan fingerprint density at radius 3 is 2.80 bits per heavy atom. The molecule has 0 atom stereocenters. The molecule has 5 heteroatoms. The predicted molar refractivity (Wildman–Crippen MR) is 53.2 cm³/mol. The van der Waals surface area contributed by atoms with Crippen LogP contribution in [0.15, 0.2) is 6.33 Å². The first kappa shape index (κ1) is 10.1. The third kappa shape index (κ3) is 2.34. The maximum atomic E-state index is 10.8. The summed E-state index contributed by atoms with van der Waals surface area (Å²) in [6.45, 7) is 0. The summed E-state index contributed by atoms with van der Waals surface area (Å²) in [5.74, 6) is 0.0922. The first-order chi connectivity index (χ1) is 7.20. The summed E-state index contributed by atoms with van der Waals surface area (Å²) in [5.41, 5.74) is -0.0919. The van der Waals surface area contributed by atoms with Crippen molar-refractivity contribution in [1.82, 2.24) is 15.2 Å². The molecule has 5 nitrogen and oxygen atoms in total. The quantitative estimate of drug-likeness (QED) is 0.785. The molecule has 1 saturated carbocycles. The number of hydrogen-bond acceptors (Lipinski definition) is 3. The molecule has 1 fully saturated rings. The highest BCUT2D eigenvalue weighted by Gasteiger charge is 2.36. The van der Waals surface area contributed by atoms with Crippen molar-refractivity contribution in [2.75, 3.05) is 0 Å². The molecule has 0 unspecified atom stereocenters. The molecule has 15 heavy (non-hydrogen) atoms. The Labute approximate surface area is 87.9 Å². The van der Waals surface area contributed by atoms with Crippen LogP contribution in [-0.2, 0) is 11.2 Å². The van der Waals surface area contributed by atoms with Gasteiger partial charge in [-0.05, 0) is 18.3 Å². The summed E-state index contributed by atoms with van der Waals surface area (Å²) in [6.07, 6.45) is 6.65. The summed E-state index contributed by atoms with van der Waals surface area (Å²) in [5, 5.41) is 15.5. The number of aromatic amines is 1. The van der Waals surface area contributed by atoms with Crippen molar-refractivity contribution in [3.8, 4) is 0 Å². The molecular weight excluding hydrogens is 194 g/mol. The van der Waals surface area contributed by atoms with E-state index in [9.17, 15) is 4.79 Å². The van der Waals surface area contributed by atoms with Crippen molar-refractivity contribution in [2.24, 2.45) is 5.41 Å². The molecule has 1 aliphatic rings. The highest BCUT2D eigenvalue weighted by molar-refractivity contribution is 5.67. The zero-order valence-electron chi connectivity index (χ0n) is 8.57. The van der Waals surface area contributed by atoms with E-state index in [1.807, 2.05) is 0 Å². The summed E-state index contributed by atoms with van der Waals surface area (Å²) in [7, 11) is 0. The first-order valence-corrected chi connectivity index (χ1v) is 5.26. The fourth-order valence-corrected chi connectivity index (χ4v) is 2.53. The number of aliphatic carboxylic acids is 1. The maximum Gasteiger partial charge on any atom is 0.303 e. The highest BCUT2D eigenvalue weighted by Crippen LogP contribution is 2.43. The van der Waals surface area contributed by atoms with Gasteiger partial charge in [0.1, 0.15) is 12.2 Å². The first-order valence-electron chi connectivity index (χ1n) is 5.26. The lowest BCUT2D eigenvalue weighted by molar-refractivity contribution is -0.139. The molecule has 2 N–H and O–H groups in total. The fourth-order valence-electron chi connectivity index (χ4n) is 2.53. The number of carboxylic acid groups (broad SMARTS) is 1. The minimum absolute atomic E-state index is 0.0919. The van der Waals surface area contributed by atoms with Crippen LogP contribution in [0.2, 0.25) is 0 Å². The SMILES string of the molecule is O=C(O)CC1(Cc2ncn[nH]2)CCCC1. The van der Waals surface area contributed by atoms with Gasteiger partial charge in [-0.25, -0.2) is 4.98 Å². The van der Waals surface area contributed by atoms with Crippen LogP contribution in [0.25, 0.3) is 0 Å². The molecule has 0 bridgehead atoms. The normalized spacial score (nSPS) is 19.2. The van der Waals surface area contributed by atoms with Gasteiger partial charge in [0.25, 0.3) is 0 Å². The van der Waals surface area contributed by atoms with Gasteiger partial charge < -0.3 is 5.11 Å².